The molecule has 4 bridgehead atoms. The Labute approximate surface area is 200 Å². The topological polar surface area (TPSA) is 0 Å². The molecular weight excluding hydrogens is 396 g/mol. The Hall–Kier alpha value is -2.34. The van der Waals surface area contributed by atoms with E-state index in [-0.39, 0.29) is 0 Å². The highest BCUT2D eigenvalue weighted by Crippen LogP contribution is 2.37. The normalized spacial score (nSPS) is 17.7. The van der Waals surface area contributed by atoms with Crippen molar-refractivity contribution in [2.45, 2.75) is 96.3 Å². The first-order valence-electron chi connectivity index (χ1n) is 13.8. The molecule has 0 aliphatic heterocycles. The van der Waals surface area contributed by atoms with Crippen molar-refractivity contribution in [2.75, 3.05) is 0 Å². The summed E-state index contributed by atoms with van der Waals surface area (Å²) in [5, 5.41) is 8.81. The summed E-state index contributed by atoms with van der Waals surface area (Å²) in [5.41, 5.74) is 3.18. The highest BCUT2D eigenvalue weighted by molar-refractivity contribution is 6.10. The van der Waals surface area contributed by atoms with E-state index in [0.29, 0.717) is 0 Å². The van der Waals surface area contributed by atoms with Crippen molar-refractivity contribution >= 4 is 32.3 Å². The van der Waals surface area contributed by atoms with Gasteiger partial charge in [-0.3, -0.25) is 0 Å². The lowest BCUT2D eigenvalue weighted by atomic mass is 9.87. The molecule has 0 unspecified atom stereocenters. The van der Waals surface area contributed by atoms with Gasteiger partial charge in [0, 0.05) is 0 Å². The lowest BCUT2D eigenvalue weighted by Gasteiger charge is -2.17. The van der Waals surface area contributed by atoms with Crippen LogP contribution in [0, 0.1) is 0 Å². The predicted octanol–water partition coefficient (Wildman–Crippen LogP) is 10.3. The summed E-state index contributed by atoms with van der Waals surface area (Å²) >= 11 is 0. The second kappa shape index (κ2) is 11.2. The van der Waals surface area contributed by atoms with Crippen LogP contribution in [0.15, 0.2) is 60.7 Å². The van der Waals surface area contributed by atoms with Crippen LogP contribution in [0.25, 0.3) is 32.3 Å². The molecule has 172 valence electrons. The maximum Gasteiger partial charge on any atom is -0.0136 e. The minimum absolute atomic E-state index is 1.20. The first-order valence-corrected chi connectivity index (χ1v) is 13.8. The van der Waals surface area contributed by atoms with E-state index in [1.165, 1.54) is 129 Å². The summed E-state index contributed by atoms with van der Waals surface area (Å²) in [6.07, 6.45) is 20.6. The minimum Gasteiger partial charge on any atom is -0.0616 e. The average molecular weight is 437 g/mol. The maximum atomic E-state index is 2.50. The molecule has 5 rings (SSSR count). The Morgan fingerprint density at radius 1 is 0.333 bits per heavy atom. The number of benzene rings is 4. The smallest absolute Gasteiger partial charge is 0.0136 e. The van der Waals surface area contributed by atoms with Gasteiger partial charge in [0.25, 0.3) is 0 Å². The quantitative estimate of drug-likeness (QED) is 0.240. The van der Waals surface area contributed by atoms with Crippen LogP contribution in [0.2, 0.25) is 0 Å². The van der Waals surface area contributed by atoms with Crippen LogP contribution in [-0.2, 0) is 12.8 Å². The van der Waals surface area contributed by atoms with Crippen LogP contribution in [0.1, 0.15) is 94.6 Å². The van der Waals surface area contributed by atoms with Gasteiger partial charge in [0.2, 0.25) is 0 Å². The molecule has 4 aromatic carbocycles. The molecular formula is C33H40. The molecule has 0 aromatic heterocycles. The second-order valence-electron chi connectivity index (χ2n) is 10.3. The van der Waals surface area contributed by atoms with Crippen molar-refractivity contribution in [1.82, 2.24) is 0 Å². The largest absolute Gasteiger partial charge is 0.0616 e. The summed E-state index contributed by atoms with van der Waals surface area (Å²) < 4.78 is 0. The van der Waals surface area contributed by atoms with E-state index in [0.717, 1.165) is 0 Å². The van der Waals surface area contributed by atoms with E-state index in [1.54, 1.807) is 11.1 Å². The zero-order valence-corrected chi connectivity index (χ0v) is 20.4. The Bertz CT molecular complexity index is 1100. The van der Waals surface area contributed by atoms with Crippen LogP contribution in [-0.4, -0.2) is 0 Å². The van der Waals surface area contributed by atoms with Gasteiger partial charge in [-0.15, -0.1) is 0 Å². The van der Waals surface area contributed by atoms with Crippen LogP contribution < -0.4 is 0 Å². The van der Waals surface area contributed by atoms with Crippen LogP contribution in [0.4, 0.5) is 0 Å². The Kier molecular flexibility index (Phi) is 7.61. The van der Waals surface area contributed by atoms with Gasteiger partial charge < -0.3 is 0 Å². The van der Waals surface area contributed by atoms with Crippen LogP contribution in [0.3, 0.4) is 0 Å². The van der Waals surface area contributed by atoms with E-state index in [2.05, 4.69) is 60.7 Å². The first-order chi connectivity index (χ1) is 16.4. The van der Waals surface area contributed by atoms with Gasteiger partial charge in [-0.2, -0.15) is 0 Å². The van der Waals surface area contributed by atoms with Crippen molar-refractivity contribution in [3.8, 4) is 0 Å². The number of hydrogen-bond acceptors (Lipinski definition) is 0. The fraction of sp³-hybridized carbons (Fsp3) is 0.455. The van der Waals surface area contributed by atoms with E-state index >= 15 is 0 Å². The molecule has 0 nitrogen and oxygen atoms in total. The summed E-state index contributed by atoms with van der Waals surface area (Å²) in [6.45, 7) is 0. The summed E-state index contributed by atoms with van der Waals surface area (Å²) in [4.78, 5) is 0. The third-order valence-electron chi connectivity index (χ3n) is 7.97. The van der Waals surface area contributed by atoms with Crippen molar-refractivity contribution in [3.05, 3.63) is 71.8 Å². The van der Waals surface area contributed by atoms with Crippen molar-refractivity contribution < 1.29 is 0 Å². The molecule has 1 aliphatic carbocycles. The molecule has 0 saturated heterocycles. The number of fused-ring (bicyclic) bond motifs is 4. The average Bonchev–Trinajstić information content (AvgIpc) is 2.85. The van der Waals surface area contributed by atoms with Gasteiger partial charge in [0.1, 0.15) is 0 Å². The fourth-order valence-corrected chi connectivity index (χ4v) is 6.14. The SMILES string of the molecule is c1ccc2c3c4cc5ccccc5c(c4cc2c1)CCCCCCCCCCCCCCC3. The molecule has 0 heterocycles. The molecule has 0 spiro atoms. The van der Waals surface area contributed by atoms with Gasteiger partial charge in [-0.05, 0) is 81.3 Å². The zero-order valence-electron chi connectivity index (χ0n) is 20.4. The zero-order chi connectivity index (χ0) is 22.3. The van der Waals surface area contributed by atoms with E-state index in [4.69, 9.17) is 0 Å². The Balaban J connectivity index is 1.58. The van der Waals surface area contributed by atoms with Gasteiger partial charge >= 0.3 is 0 Å². The van der Waals surface area contributed by atoms with Gasteiger partial charge in [-0.1, -0.05) is 119 Å². The lowest BCUT2D eigenvalue weighted by Crippen LogP contribution is -1.96. The van der Waals surface area contributed by atoms with E-state index in [9.17, 15) is 0 Å². The lowest BCUT2D eigenvalue weighted by molar-refractivity contribution is 0.537. The predicted molar refractivity (Wildman–Crippen MR) is 146 cm³/mol. The third-order valence-corrected chi connectivity index (χ3v) is 7.97. The van der Waals surface area contributed by atoms with Crippen molar-refractivity contribution in [3.63, 3.8) is 0 Å². The second-order valence-corrected chi connectivity index (χ2v) is 10.3. The summed E-state index contributed by atoms with van der Waals surface area (Å²) in [7, 11) is 0. The molecule has 0 N–H and O–H groups in total. The van der Waals surface area contributed by atoms with E-state index < -0.39 is 0 Å². The van der Waals surface area contributed by atoms with Gasteiger partial charge in [-0.25, -0.2) is 0 Å². The molecule has 33 heavy (non-hydrogen) atoms. The molecule has 4 aromatic rings. The minimum atomic E-state index is 1.20. The molecule has 0 heteroatoms. The molecule has 0 atom stereocenters. The van der Waals surface area contributed by atoms with Gasteiger partial charge in [0.05, 0.1) is 0 Å². The Morgan fingerprint density at radius 2 is 0.667 bits per heavy atom. The van der Waals surface area contributed by atoms with Crippen molar-refractivity contribution in [2.24, 2.45) is 0 Å². The van der Waals surface area contributed by atoms with Crippen LogP contribution in [0.5, 0.6) is 0 Å². The monoisotopic (exact) mass is 436 g/mol. The van der Waals surface area contributed by atoms with Crippen molar-refractivity contribution in [1.29, 1.82) is 0 Å². The number of hydrogen-bond donors (Lipinski definition) is 0. The summed E-state index contributed by atoms with van der Waals surface area (Å²) in [5.74, 6) is 0. The number of aryl methyl sites for hydroxylation is 2. The third kappa shape index (κ3) is 5.26. The number of rotatable bonds is 0. The molecule has 1 aliphatic rings. The van der Waals surface area contributed by atoms with E-state index in [1.807, 2.05) is 0 Å². The highest BCUT2D eigenvalue weighted by atomic mass is 14.2. The van der Waals surface area contributed by atoms with Crippen LogP contribution >= 0.6 is 0 Å². The molecule has 0 saturated carbocycles. The first kappa shape index (κ1) is 22.5. The fourth-order valence-electron chi connectivity index (χ4n) is 6.14. The highest BCUT2D eigenvalue weighted by Gasteiger charge is 2.14. The molecule has 0 fully saturated rings. The van der Waals surface area contributed by atoms with Gasteiger partial charge in [0.15, 0.2) is 0 Å². The molecule has 0 amide bonds. The Morgan fingerprint density at radius 3 is 1.06 bits per heavy atom. The maximum absolute atomic E-state index is 2.50. The summed E-state index contributed by atoms with van der Waals surface area (Å²) in [6, 6.07) is 23.2. The standard InChI is InChI=1S/C33H40/c1-2-4-6-8-10-12-22-30-28-20-16-14-18-26(28)25-33-31(23-13-11-9-7-5-3-1)29-21-17-15-19-27(29)24-32(30)33/h14-21,24-25H,1-13,22-23H2. The molecule has 0 radical (unpaired) electrons.